The number of aryl methyl sites for hydroxylation is 1. The molecule has 748 valence electrons. The molecule has 0 amide bonds. The second kappa shape index (κ2) is 46.3. The van der Waals surface area contributed by atoms with E-state index in [1.54, 1.807) is 0 Å². The summed E-state index contributed by atoms with van der Waals surface area (Å²) in [6.07, 6.45) is -45.0. The molecule has 44 nitrogen and oxygen atoms in total. The van der Waals surface area contributed by atoms with Crippen LogP contribution in [-0.2, 0) is 223 Å². The molecule has 0 aromatic carbocycles. The van der Waals surface area contributed by atoms with Crippen molar-refractivity contribution in [1.82, 2.24) is 0 Å². The Kier molecular flexibility index (Phi) is 36.7. The zero-order valence-corrected chi connectivity index (χ0v) is 79.0. The average molecular weight is 1910 g/mol. The van der Waals surface area contributed by atoms with Gasteiger partial charge in [0.2, 0.25) is 0 Å². The van der Waals surface area contributed by atoms with Crippen molar-refractivity contribution in [3.63, 3.8) is 0 Å². The molecule has 0 spiro atoms. The molecule has 32 atom stereocenters. The minimum absolute atomic E-state index is 0.0328. The highest BCUT2D eigenvalue weighted by molar-refractivity contribution is 5.72. The van der Waals surface area contributed by atoms with Gasteiger partial charge in [0, 0.05) is 136 Å². The third-order valence-corrected chi connectivity index (χ3v) is 24.9. The highest BCUT2D eigenvalue weighted by atomic mass is 16.8. The van der Waals surface area contributed by atoms with Gasteiger partial charge in [-0.2, -0.15) is 0 Å². The van der Waals surface area contributed by atoms with E-state index in [4.69, 9.17) is 132 Å². The molecule has 9 aliphatic rings. The van der Waals surface area contributed by atoms with Crippen molar-refractivity contribution < 1.29 is 209 Å². The second-order valence-electron chi connectivity index (χ2n) is 35.3. The van der Waals surface area contributed by atoms with Crippen molar-refractivity contribution in [1.29, 1.82) is 0 Å². The predicted octanol–water partition coefficient (Wildman–Crippen LogP) is 4.39. The van der Waals surface area contributed by atoms with E-state index in [2.05, 4.69) is 26.8 Å². The third kappa shape index (κ3) is 26.5. The summed E-state index contributed by atoms with van der Waals surface area (Å²) < 4.78 is 174. The first-order valence-corrected chi connectivity index (χ1v) is 44.6. The molecular weight excluding hydrogens is 1780 g/mol. The van der Waals surface area contributed by atoms with Gasteiger partial charge < -0.3 is 132 Å². The first-order chi connectivity index (χ1) is 63.1. The van der Waals surface area contributed by atoms with E-state index in [9.17, 15) is 76.7 Å². The monoisotopic (exact) mass is 1910 g/mol. The molecule has 10 rings (SSSR count). The fourth-order valence-corrected chi connectivity index (χ4v) is 20.0. The lowest BCUT2D eigenvalue weighted by Gasteiger charge is -2.58. The van der Waals surface area contributed by atoms with Gasteiger partial charge in [0.05, 0.1) is 13.2 Å². The second-order valence-corrected chi connectivity index (χ2v) is 35.3. The summed E-state index contributed by atoms with van der Waals surface area (Å²) in [5, 5.41) is 0. The molecule has 0 bridgehead atoms. The molecule has 5 saturated heterocycles. The van der Waals surface area contributed by atoms with E-state index in [-0.39, 0.29) is 54.5 Å². The van der Waals surface area contributed by atoms with Gasteiger partial charge in [-0.1, -0.05) is 32.4 Å². The smallest absolute Gasteiger partial charge is 0.303 e. The van der Waals surface area contributed by atoms with Gasteiger partial charge in [0.1, 0.15) is 105 Å². The van der Waals surface area contributed by atoms with Crippen LogP contribution >= 0.6 is 0 Å². The number of furan rings is 1. The van der Waals surface area contributed by atoms with Crippen LogP contribution in [-0.4, -0.2) is 301 Å². The number of esters is 16. The maximum absolute atomic E-state index is 14.2. The van der Waals surface area contributed by atoms with Crippen LogP contribution in [0.3, 0.4) is 0 Å². The lowest BCUT2D eigenvalue weighted by atomic mass is 9.47. The molecule has 1 aromatic rings. The molecule has 44 heteroatoms. The molecule has 0 unspecified atom stereocenters. The van der Waals surface area contributed by atoms with Crippen LogP contribution in [0.15, 0.2) is 16.1 Å². The van der Waals surface area contributed by atoms with Crippen LogP contribution in [0.1, 0.15) is 200 Å². The number of allylic oxidation sites excluding steroid dienone is 1. The summed E-state index contributed by atoms with van der Waals surface area (Å²) in [5.74, 6) is -13.7. The quantitative estimate of drug-likeness (QED) is 0.0510. The third-order valence-electron chi connectivity index (χ3n) is 24.9. The maximum Gasteiger partial charge on any atom is 0.303 e. The van der Waals surface area contributed by atoms with Gasteiger partial charge in [-0.15, -0.1) is 0 Å². The Bertz CT molecular complexity index is 4460. The van der Waals surface area contributed by atoms with Crippen LogP contribution in [0.2, 0.25) is 0 Å². The van der Waals surface area contributed by atoms with Crippen molar-refractivity contribution in [2.24, 2.45) is 29.1 Å². The van der Waals surface area contributed by atoms with E-state index in [0.717, 1.165) is 139 Å². The van der Waals surface area contributed by atoms with Gasteiger partial charge in [0.25, 0.3) is 0 Å². The van der Waals surface area contributed by atoms with E-state index in [0.29, 0.717) is 25.9 Å². The average Bonchev–Trinajstić information content (AvgIpc) is 1.52. The van der Waals surface area contributed by atoms with E-state index >= 15 is 0 Å². The number of fused-ring (bicyclic) bond motifs is 7. The normalized spacial score (nSPS) is 34.8. The Balaban J connectivity index is 1.13. The van der Waals surface area contributed by atoms with Gasteiger partial charge >= 0.3 is 95.5 Å². The molecule has 7 fully saturated rings. The lowest BCUT2D eigenvalue weighted by molar-refractivity contribution is -0.409. The van der Waals surface area contributed by atoms with Crippen molar-refractivity contribution in [2.45, 2.75) is 362 Å². The lowest BCUT2D eigenvalue weighted by Crippen LogP contribution is -2.70. The molecule has 4 aliphatic carbocycles. The van der Waals surface area contributed by atoms with Crippen LogP contribution in [0.5, 0.6) is 0 Å². The number of hydrogen-bond acceptors (Lipinski definition) is 44. The number of hydrogen-bond donors (Lipinski definition) is 0. The molecular formula is C90H124O44. The summed E-state index contributed by atoms with van der Waals surface area (Å²) in [7, 11) is 0. The Hall–Kier alpha value is -9.90. The summed E-state index contributed by atoms with van der Waals surface area (Å²) in [6, 6.07) is 0. The van der Waals surface area contributed by atoms with Crippen molar-refractivity contribution in [3.05, 3.63) is 34.3 Å². The predicted molar refractivity (Wildman–Crippen MR) is 440 cm³/mol. The fourth-order valence-electron chi connectivity index (χ4n) is 20.0. The van der Waals surface area contributed by atoms with Crippen molar-refractivity contribution in [2.75, 3.05) is 46.2 Å². The molecule has 0 radical (unpaired) electrons. The van der Waals surface area contributed by atoms with Crippen LogP contribution in [0, 0.1) is 36.0 Å². The first kappa shape index (κ1) is 106. The summed E-state index contributed by atoms with van der Waals surface area (Å²) >= 11 is 0. The highest BCUT2D eigenvalue weighted by Gasteiger charge is 2.66. The number of ether oxygens (including phenoxy) is 27. The Morgan fingerprint density at radius 1 is 0.381 bits per heavy atom. The van der Waals surface area contributed by atoms with Crippen LogP contribution < -0.4 is 0 Å². The molecule has 5 aliphatic heterocycles. The first-order valence-electron chi connectivity index (χ1n) is 44.6. The Morgan fingerprint density at radius 2 is 0.746 bits per heavy atom. The number of carbonyl (C=O) groups is 16. The summed E-state index contributed by atoms with van der Waals surface area (Å²) in [5.41, 5.74) is 2.38. The van der Waals surface area contributed by atoms with Gasteiger partial charge in [-0.25, -0.2) is 0 Å². The van der Waals surface area contributed by atoms with Gasteiger partial charge in [0.15, 0.2) is 92.5 Å². The maximum atomic E-state index is 14.2. The Morgan fingerprint density at radius 3 is 1.19 bits per heavy atom. The van der Waals surface area contributed by atoms with Crippen molar-refractivity contribution >= 4 is 95.5 Å². The molecule has 0 N–H and O–H groups in total. The zero-order chi connectivity index (χ0) is 98.6. The van der Waals surface area contributed by atoms with Gasteiger partial charge in [-0.05, 0) is 92.4 Å². The summed E-state index contributed by atoms with van der Waals surface area (Å²) in [6.45, 7) is 21.9. The number of rotatable bonds is 36. The molecule has 6 heterocycles. The standard InChI is InChI=1S/C90H124O44/c1-22-107-70-64(115-46(10)97)37-113-84(79(70)121-52(16)103)132-78-73(118-49(13)100)67(35-111-43(7)94)130-88(83(78)134-87-82(124-55(19)106)77(72(117-48(12)99)66(129-87)34-110-42(6)93)133-86-81(123-54(18)105)75(119-50(14)101)71(116-47(11)98)65(128-86)33-109-41(5)92)131-74-68(36-112-44(8)95)127-85(80(122-53(17)104)76(74)120-51(15)102)126-61-29-56-24-25-57-58(90(56,21)31-63(61)114-45(9)96)27-28-89(20)59(57)30-62-69(89)39(3)60(125-62)26-23-38(2)32-108-40(4)91/h24,38,57-59,61,63-68,70-88H,22-23,25-37H2,1-21H3/t38-,57+,58-,59-,61+,63+,64+,65+,66+,67+,68+,70-,71+,72+,73+,74-,75-,76-,77-,78-,79+,80+,81+,82+,83+,84-,85+,86-,87-,88-,89-,90-/m0/s1. The minimum atomic E-state index is -2.50. The molecule has 1 aromatic heterocycles. The topological polar surface area (TPSA) is 535 Å². The van der Waals surface area contributed by atoms with E-state index in [1.807, 2.05) is 6.92 Å². The molecule has 2 saturated carbocycles. The molecule has 134 heavy (non-hydrogen) atoms. The Labute approximate surface area is 773 Å². The van der Waals surface area contributed by atoms with Gasteiger partial charge in [-0.3, -0.25) is 76.7 Å². The van der Waals surface area contributed by atoms with E-state index in [1.165, 1.54) is 26.3 Å². The van der Waals surface area contributed by atoms with Crippen LogP contribution in [0.25, 0.3) is 0 Å². The largest absolute Gasteiger partial charge is 0.466 e. The zero-order valence-electron chi connectivity index (χ0n) is 79.0. The highest BCUT2D eigenvalue weighted by Crippen LogP contribution is 2.66. The number of carbonyl (C=O) groups excluding carboxylic acids is 16. The minimum Gasteiger partial charge on any atom is -0.466 e. The van der Waals surface area contributed by atoms with E-state index < -0.39 is 288 Å². The van der Waals surface area contributed by atoms with Crippen LogP contribution in [0.4, 0.5) is 0 Å². The van der Waals surface area contributed by atoms with Crippen molar-refractivity contribution in [3.8, 4) is 0 Å². The fraction of sp³-hybridized carbons (Fsp3) is 0.756. The SMILES string of the molecule is CCO[C@@H]1[C@@H](OC(C)=O)[C@H](O[C@@H]2[C@@H](O[C@@H]3O[C@H](COC(C)=O)[C@@H](OC(C)=O)[C@H](O[C@@H]4O[C@H](COC(C)=O)[C@@H](OC(C)=O)[C@H](OC(C)=O)[C@H]4OC(C)=O)[C@H]3OC(C)=O)[C@H](O[C@@H]3[C@H](OC(C)=O)[C@@H](OC(C)=O)[C@H](O[C@@H]4CC5=CC[C@@H]6[C@H](CC[C@]7(C)c8c(oc(CC[C@H](C)COC(C)=O)c8C)C[C@@H]67)[C@@]5(C)C[C@H]4OC(C)=O)O[C@@H]3COC(C)=O)O[C@H](COC(C)=O)[C@H]2OC(C)=O)OC[C@H]1OC(C)=O. The summed E-state index contributed by atoms with van der Waals surface area (Å²) in [4.78, 5) is 214.